The van der Waals surface area contributed by atoms with Crippen LogP contribution in [0.2, 0.25) is 10.0 Å². The molecule has 0 radical (unpaired) electrons. The van der Waals surface area contributed by atoms with Crippen molar-refractivity contribution >= 4 is 87.0 Å². The van der Waals surface area contributed by atoms with Crippen molar-refractivity contribution in [3.05, 3.63) is 93.6 Å². The Morgan fingerprint density at radius 2 is 1.72 bits per heavy atom. The first-order valence-electron chi connectivity index (χ1n) is 16.6. The number of benzene rings is 3. The second-order valence-electron chi connectivity index (χ2n) is 12.5. The Kier molecular flexibility index (Phi) is 14.6. The fourth-order valence-electron chi connectivity index (χ4n) is 6.35. The van der Waals surface area contributed by atoms with Gasteiger partial charge in [0.15, 0.2) is 6.61 Å². The molecular weight excluding hydrogens is 786 g/mol. The number of halogens is 4. The topological polar surface area (TPSA) is 157 Å². The minimum atomic E-state index is -4.19. The van der Waals surface area contributed by atoms with Gasteiger partial charge in [-0.05, 0) is 86.7 Å². The molecule has 0 spiro atoms. The summed E-state index contributed by atoms with van der Waals surface area (Å²) in [5.74, 6) is 5.70. The number of nitrogens with zero attached hydrogens (tertiary/aromatic N) is 4. The van der Waals surface area contributed by atoms with Gasteiger partial charge >= 0.3 is 0 Å². The summed E-state index contributed by atoms with van der Waals surface area (Å²) in [5, 5.41) is 7.59. The summed E-state index contributed by atoms with van der Waals surface area (Å²) < 4.78 is 41.0. The van der Waals surface area contributed by atoms with Gasteiger partial charge in [0, 0.05) is 47.3 Å². The molecule has 3 heterocycles. The standard InChI is InChI=1S/C36H38Cl2N6O6S.2ClH/c1-23-7-10-25-4-2-6-31(35(25)41-23)50-21-28-29(37)13-14-32(34(28)38)51(47,48)44-17-3-5-30(44)36(46)42-26-15-18-43(19-16-26)33(45)22-49-27-11-8-24(9-12-27)20-40-39;;/h2,4,6-14,20,26,30H,3,5,15-19,21-22,39H2,1H3,(H,42,46);2*1H/t30-;;/m0../s1. The van der Waals surface area contributed by atoms with E-state index in [9.17, 15) is 18.0 Å². The molecule has 0 bridgehead atoms. The SMILES string of the molecule is Cc1ccc2cccc(OCc3c(Cl)ccc(S(=O)(=O)N4CCC[C@H]4C(=O)NC4CCN(C(=O)COc5ccc(C=NN)cc5)CC4)c3Cl)c2n1.Cl.Cl. The summed E-state index contributed by atoms with van der Waals surface area (Å²) in [4.78, 5) is 32.5. The number of fused-ring (bicyclic) bond motifs is 1. The highest BCUT2D eigenvalue weighted by molar-refractivity contribution is 7.89. The summed E-state index contributed by atoms with van der Waals surface area (Å²) in [7, 11) is -4.19. The minimum absolute atomic E-state index is 0. The van der Waals surface area contributed by atoms with Crippen LogP contribution in [0.4, 0.5) is 0 Å². The van der Waals surface area contributed by atoms with Gasteiger partial charge in [-0.2, -0.15) is 9.41 Å². The molecule has 2 saturated heterocycles. The minimum Gasteiger partial charge on any atom is -0.487 e. The third-order valence-electron chi connectivity index (χ3n) is 9.10. The molecule has 0 aliphatic carbocycles. The second-order valence-corrected chi connectivity index (χ2v) is 15.1. The molecule has 2 fully saturated rings. The van der Waals surface area contributed by atoms with Crippen LogP contribution in [-0.2, 0) is 26.2 Å². The second kappa shape index (κ2) is 18.5. The molecule has 1 aromatic heterocycles. The third-order valence-corrected chi connectivity index (χ3v) is 11.9. The number of hydrazone groups is 1. The Bertz CT molecular complexity index is 2060. The lowest BCUT2D eigenvalue weighted by molar-refractivity contribution is -0.134. The molecule has 2 aliphatic heterocycles. The normalized spacial score (nSPS) is 16.6. The van der Waals surface area contributed by atoms with Gasteiger partial charge in [-0.1, -0.05) is 41.4 Å². The van der Waals surface area contributed by atoms with E-state index in [-0.39, 0.29) is 77.4 Å². The predicted octanol–water partition coefficient (Wildman–Crippen LogP) is 5.90. The smallest absolute Gasteiger partial charge is 0.260 e. The van der Waals surface area contributed by atoms with Gasteiger partial charge < -0.3 is 25.5 Å². The summed E-state index contributed by atoms with van der Waals surface area (Å²) in [6.45, 7) is 2.72. The number of sulfonamides is 1. The van der Waals surface area contributed by atoms with Crippen LogP contribution in [0.1, 0.15) is 42.5 Å². The lowest BCUT2D eigenvalue weighted by atomic mass is 10.0. The predicted molar refractivity (Wildman–Crippen MR) is 210 cm³/mol. The number of ether oxygens (including phenoxy) is 2. The number of nitrogens with two attached hydrogens (primary N) is 1. The molecule has 3 aromatic carbocycles. The van der Waals surface area contributed by atoms with Crippen LogP contribution in [0.5, 0.6) is 11.5 Å². The number of nitrogens with one attached hydrogen (secondary N) is 1. The van der Waals surface area contributed by atoms with Gasteiger partial charge in [0.1, 0.15) is 34.6 Å². The monoisotopic (exact) mass is 824 g/mol. The number of piperidine rings is 1. The first-order valence-corrected chi connectivity index (χ1v) is 18.8. The van der Waals surface area contributed by atoms with Crippen LogP contribution in [0.15, 0.2) is 76.7 Å². The first-order chi connectivity index (χ1) is 24.5. The highest BCUT2D eigenvalue weighted by Crippen LogP contribution is 2.36. The summed E-state index contributed by atoms with van der Waals surface area (Å²) in [5.41, 5.74) is 2.62. The van der Waals surface area contributed by atoms with Crippen molar-refractivity contribution in [3.8, 4) is 11.5 Å². The van der Waals surface area contributed by atoms with Crippen LogP contribution < -0.4 is 20.6 Å². The van der Waals surface area contributed by atoms with E-state index < -0.39 is 16.1 Å². The van der Waals surface area contributed by atoms with Crippen molar-refractivity contribution < 1.29 is 27.5 Å². The summed E-state index contributed by atoms with van der Waals surface area (Å²) >= 11 is 13.3. The molecule has 2 amide bonds. The molecule has 284 valence electrons. The van der Waals surface area contributed by atoms with Crippen molar-refractivity contribution in [2.75, 3.05) is 26.2 Å². The maximum absolute atomic E-state index is 14.0. The molecule has 0 unspecified atom stereocenters. The number of para-hydroxylation sites is 1. The number of aromatic nitrogens is 1. The lowest BCUT2D eigenvalue weighted by Crippen LogP contribution is -2.52. The van der Waals surface area contributed by atoms with Crippen LogP contribution in [-0.4, -0.2) is 79.0 Å². The van der Waals surface area contributed by atoms with Gasteiger partial charge in [-0.3, -0.25) is 9.59 Å². The van der Waals surface area contributed by atoms with E-state index in [0.29, 0.717) is 61.4 Å². The molecule has 53 heavy (non-hydrogen) atoms. The van der Waals surface area contributed by atoms with Gasteiger partial charge in [0.2, 0.25) is 15.9 Å². The zero-order valence-electron chi connectivity index (χ0n) is 28.7. The van der Waals surface area contributed by atoms with Crippen molar-refractivity contribution in [1.82, 2.24) is 19.5 Å². The zero-order valence-corrected chi connectivity index (χ0v) is 32.7. The van der Waals surface area contributed by atoms with Crippen LogP contribution in [0, 0.1) is 6.92 Å². The number of hydrogen-bond donors (Lipinski definition) is 2. The van der Waals surface area contributed by atoms with E-state index in [1.54, 1.807) is 35.2 Å². The molecule has 6 rings (SSSR count). The molecule has 1 atom stereocenters. The van der Waals surface area contributed by atoms with E-state index in [4.69, 9.17) is 38.5 Å². The third kappa shape index (κ3) is 9.64. The number of hydrogen-bond acceptors (Lipinski definition) is 9. The van der Waals surface area contributed by atoms with Crippen molar-refractivity contribution in [2.24, 2.45) is 10.9 Å². The average molecular weight is 827 g/mol. The average Bonchev–Trinajstić information content (AvgIpc) is 3.63. The number of rotatable bonds is 11. The number of pyridine rings is 1. The highest BCUT2D eigenvalue weighted by Gasteiger charge is 2.41. The highest BCUT2D eigenvalue weighted by atomic mass is 35.5. The van der Waals surface area contributed by atoms with E-state index >= 15 is 0 Å². The van der Waals surface area contributed by atoms with E-state index in [1.165, 1.54) is 22.7 Å². The number of aryl methyl sites for hydroxylation is 1. The Morgan fingerprint density at radius 1 is 0.981 bits per heavy atom. The number of likely N-dealkylation sites (tertiary alicyclic amines) is 1. The number of carbonyl (C=O) groups excluding carboxylic acids is 2. The number of carbonyl (C=O) groups is 2. The number of amides is 2. The van der Waals surface area contributed by atoms with Crippen molar-refractivity contribution in [2.45, 2.75) is 56.2 Å². The van der Waals surface area contributed by atoms with Crippen molar-refractivity contribution in [1.29, 1.82) is 0 Å². The molecule has 0 saturated carbocycles. The van der Waals surface area contributed by atoms with E-state index in [2.05, 4.69) is 15.4 Å². The zero-order chi connectivity index (χ0) is 36.1. The van der Waals surface area contributed by atoms with Gasteiger partial charge in [-0.15, -0.1) is 24.8 Å². The Morgan fingerprint density at radius 3 is 2.43 bits per heavy atom. The molecule has 4 aromatic rings. The van der Waals surface area contributed by atoms with Crippen LogP contribution in [0.25, 0.3) is 10.9 Å². The quantitative estimate of drug-likeness (QED) is 0.108. The van der Waals surface area contributed by atoms with Gasteiger partial charge in [-0.25, -0.2) is 13.4 Å². The van der Waals surface area contributed by atoms with Crippen molar-refractivity contribution in [3.63, 3.8) is 0 Å². The van der Waals surface area contributed by atoms with Gasteiger partial charge in [0.25, 0.3) is 5.91 Å². The molecule has 17 heteroatoms. The van der Waals surface area contributed by atoms with E-state index in [0.717, 1.165) is 16.6 Å². The van der Waals surface area contributed by atoms with E-state index in [1.807, 2.05) is 31.2 Å². The molecular formula is C36H40Cl4N6O6S. The lowest BCUT2D eigenvalue weighted by Gasteiger charge is -2.33. The van der Waals surface area contributed by atoms with Crippen LogP contribution in [0.3, 0.4) is 0 Å². The molecule has 2 aliphatic rings. The Labute approximate surface area is 330 Å². The summed E-state index contributed by atoms with van der Waals surface area (Å²) in [6.07, 6.45) is 3.46. The maximum atomic E-state index is 14.0. The summed E-state index contributed by atoms with van der Waals surface area (Å²) in [6, 6.07) is 18.2. The fraction of sp³-hybridized carbons (Fsp3) is 0.333. The first kappa shape index (κ1) is 41.9. The largest absolute Gasteiger partial charge is 0.487 e. The van der Waals surface area contributed by atoms with Gasteiger partial charge in [0.05, 0.1) is 11.2 Å². The Balaban J connectivity index is 0.00000314. The van der Waals surface area contributed by atoms with Crippen LogP contribution >= 0.6 is 48.0 Å². The molecule has 3 N–H and O–H groups in total. The maximum Gasteiger partial charge on any atom is 0.260 e. The molecule has 12 nitrogen and oxygen atoms in total. The Hall–Kier alpha value is -3.85. The fourth-order valence-corrected chi connectivity index (χ4v) is 8.87.